The lowest BCUT2D eigenvalue weighted by atomic mass is 10.1. The molecule has 2 amide bonds. The second kappa shape index (κ2) is 9.82. The summed E-state index contributed by atoms with van der Waals surface area (Å²) in [5.41, 5.74) is 0.988. The topological polar surface area (TPSA) is 87.9 Å². The first-order valence-corrected chi connectivity index (χ1v) is 11.2. The van der Waals surface area contributed by atoms with Crippen molar-refractivity contribution in [2.75, 3.05) is 31.6 Å². The Balaban J connectivity index is 1.88. The minimum Gasteiger partial charge on any atom is -0.425 e. The fourth-order valence-corrected chi connectivity index (χ4v) is 3.97. The molecule has 10 heteroatoms. The third-order valence-electron chi connectivity index (χ3n) is 5.70. The number of rotatable bonds is 7. The number of amides is 2. The van der Waals surface area contributed by atoms with Crippen LogP contribution in [0.25, 0.3) is 0 Å². The quantitative estimate of drug-likeness (QED) is 0.547. The number of benzene rings is 2. The zero-order valence-electron chi connectivity index (χ0n) is 18.7. The number of halogens is 2. The first kappa shape index (κ1) is 23.7. The molecule has 1 aliphatic rings. The number of hydrogen-bond donors (Lipinski definition) is 1. The van der Waals surface area contributed by atoms with Crippen molar-refractivity contribution in [2.24, 2.45) is 0 Å². The second-order valence-corrected chi connectivity index (χ2v) is 8.42. The Hall–Kier alpha value is -3.43. The van der Waals surface area contributed by atoms with Gasteiger partial charge in [-0.05, 0) is 43.2 Å². The predicted molar refractivity (Wildman–Crippen MR) is 125 cm³/mol. The van der Waals surface area contributed by atoms with Gasteiger partial charge in [0.05, 0.1) is 6.04 Å². The second-order valence-electron chi connectivity index (χ2n) is 7.98. The van der Waals surface area contributed by atoms with Crippen LogP contribution in [0.3, 0.4) is 0 Å². The van der Waals surface area contributed by atoms with Gasteiger partial charge in [0.2, 0.25) is 5.91 Å². The SMILES string of the molecule is CC(c1ccc(Cl)cc1)n1c(Oc2cccc(F)c2)nc2c1C(=O)N(CCCO)CC(=O)N2C. The lowest BCUT2D eigenvalue weighted by Crippen LogP contribution is -2.39. The van der Waals surface area contributed by atoms with Gasteiger partial charge in [-0.15, -0.1) is 0 Å². The number of fused-ring (bicyclic) bond motifs is 1. The van der Waals surface area contributed by atoms with Crippen molar-refractivity contribution in [3.63, 3.8) is 0 Å². The number of aliphatic hydroxyl groups excluding tert-OH is 1. The van der Waals surface area contributed by atoms with E-state index in [0.29, 0.717) is 11.4 Å². The number of imidazole rings is 1. The summed E-state index contributed by atoms with van der Waals surface area (Å²) in [5.74, 6) is -0.881. The van der Waals surface area contributed by atoms with Gasteiger partial charge in [-0.25, -0.2) is 4.39 Å². The Morgan fingerprint density at radius 1 is 1.21 bits per heavy atom. The third-order valence-corrected chi connectivity index (χ3v) is 5.95. The van der Waals surface area contributed by atoms with E-state index in [1.54, 1.807) is 29.8 Å². The fourth-order valence-electron chi connectivity index (χ4n) is 3.84. The van der Waals surface area contributed by atoms with Crippen LogP contribution >= 0.6 is 11.6 Å². The monoisotopic (exact) mass is 486 g/mol. The van der Waals surface area contributed by atoms with Gasteiger partial charge in [-0.1, -0.05) is 29.8 Å². The van der Waals surface area contributed by atoms with Gasteiger partial charge in [0.25, 0.3) is 5.91 Å². The van der Waals surface area contributed by atoms with Crippen LogP contribution in [0.5, 0.6) is 11.8 Å². The standard InChI is InChI=1S/C24H24ClFN4O4/c1-15(16-7-9-17(25)10-8-16)30-21-22(27-24(30)34-19-6-3-5-18(26)13-19)28(2)20(32)14-29(23(21)33)11-4-12-31/h3,5-10,13,15,31H,4,11-12,14H2,1-2H3. The molecule has 1 N–H and O–H groups in total. The van der Waals surface area contributed by atoms with Crippen molar-refractivity contribution in [1.29, 1.82) is 0 Å². The minimum absolute atomic E-state index is 0.0371. The zero-order valence-corrected chi connectivity index (χ0v) is 19.5. The molecule has 178 valence electrons. The van der Waals surface area contributed by atoms with Gasteiger partial charge in [0, 0.05) is 31.3 Å². The summed E-state index contributed by atoms with van der Waals surface area (Å²) in [6, 6.07) is 12.3. The maximum absolute atomic E-state index is 13.8. The molecule has 0 spiro atoms. The van der Waals surface area contributed by atoms with Crippen molar-refractivity contribution in [3.8, 4) is 11.8 Å². The maximum Gasteiger partial charge on any atom is 0.305 e. The molecule has 2 heterocycles. The van der Waals surface area contributed by atoms with Crippen molar-refractivity contribution >= 4 is 29.2 Å². The Labute approximate surface area is 201 Å². The Bertz CT molecular complexity index is 1210. The smallest absolute Gasteiger partial charge is 0.305 e. The van der Waals surface area contributed by atoms with Crippen LogP contribution in [-0.2, 0) is 4.79 Å². The number of hydrogen-bond acceptors (Lipinski definition) is 5. The summed E-state index contributed by atoms with van der Waals surface area (Å²) < 4.78 is 21.3. The van der Waals surface area contributed by atoms with Crippen molar-refractivity contribution in [3.05, 3.63) is 70.6 Å². The van der Waals surface area contributed by atoms with E-state index in [1.165, 1.54) is 28.0 Å². The van der Waals surface area contributed by atoms with E-state index in [0.717, 1.165) is 5.56 Å². The highest BCUT2D eigenvalue weighted by Gasteiger charge is 2.37. The van der Waals surface area contributed by atoms with Gasteiger partial charge >= 0.3 is 6.01 Å². The molecule has 0 radical (unpaired) electrons. The molecular formula is C24H24ClFN4O4. The molecule has 0 bridgehead atoms. The maximum atomic E-state index is 13.8. The van der Waals surface area contributed by atoms with Crippen molar-refractivity contribution in [2.45, 2.75) is 19.4 Å². The van der Waals surface area contributed by atoms with Crippen LogP contribution in [-0.4, -0.2) is 58.1 Å². The number of ether oxygens (including phenoxy) is 1. The van der Waals surface area contributed by atoms with Crippen LogP contribution in [0.2, 0.25) is 5.02 Å². The van der Waals surface area contributed by atoms with E-state index in [9.17, 15) is 19.1 Å². The first-order chi connectivity index (χ1) is 16.3. The summed E-state index contributed by atoms with van der Waals surface area (Å²) in [5, 5.41) is 9.82. The Kier molecular flexibility index (Phi) is 6.85. The first-order valence-electron chi connectivity index (χ1n) is 10.8. The lowest BCUT2D eigenvalue weighted by molar-refractivity contribution is -0.118. The van der Waals surface area contributed by atoms with E-state index in [-0.39, 0.29) is 48.9 Å². The average Bonchev–Trinajstić information content (AvgIpc) is 3.15. The highest BCUT2D eigenvalue weighted by atomic mass is 35.5. The van der Waals surface area contributed by atoms with Crippen molar-refractivity contribution in [1.82, 2.24) is 14.5 Å². The molecule has 0 saturated heterocycles. The highest BCUT2D eigenvalue weighted by molar-refractivity contribution is 6.30. The van der Waals surface area contributed by atoms with Crippen LogP contribution in [0, 0.1) is 5.82 Å². The average molecular weight is 487 g/mol. The molecule has 0 aliphatic carbocycles. The van der Waals surface area contributed by atoms with E-state index in [1.807, 2.05) is 19.1 Å². The van der Waals surface area contributed by atoms with Crippen LogP contribution < -0.4 is 9.64 Å². The lowest BCUT2D eigenvalue weighted by Gasteiger charge is -2.23. The molecule has 1 aliphatic heterocycles. The number of likely N-dealkylation sites (N-methyl/N-ethyl adjacent to an activating group) is 1. The van der Waals surface area contributed by atoms with E-state index in [4.69, 9.17) is 16.3 Å². The van der Waals surface area contributed by atoms with E-state index < -0.39 is 17.8 Å². The largest absolute Gasteiger partial charge is 0.425 e. The zero-order chi connectivity index (χ0) is 24.4. The molecule has 0 saturated carbocycles. The summed E-state index contributed by atoms with van der Waals surface area (Å²) >= 11 is 6.05. The Morgan fingerprint density at radius 3 is 2.62 bits per heavy atom. The van der Waals surface area contributed by atoms with Gasteiger partial charge in [0.1, 0.15) is 18.1 Å². The van der Waals surface area contributed by atoms with E-state index in [2.05, 4.69) is 4.98 Å². The van der Waals surface area contributed by atoms with Gasteiger partial charge in [-0.3, -0.25) is 19.1 Å². The molecule has 1 unspecified atom stereocenters. The predicted octanol–water partition coefficient (Wildman–Crippen LogP) is 3.88. The molecule has 8 nitrogen and oxygen atoms in total. The summed E-state index contributed by atoms with van der Waals surface area (Å²) in [4.78, 5) is 33.6. The minimum atomic E-state index is -0.485. The number of aromatic nitrogens is 2. The van der Waals surface area contributed by atoms with Crippen LogP contribution in [0.4, 0.5) is 10.2 Å². The molecule has 2 aromatic carbocycles. The van der Waals surface area contributed by atoms with Crippen LogP contribution in [0.1, 0.15) is 35.4 Å². The number of nitrogens with zero attached hydrogens (tertiary/aromatic N) is 4. The van der Waals surface area contributed by atoms with E-state index >= 15 is 0 Å². The Morgan fingerprint density at radius 2 is 1.94 bits per heavy atom. The molecule has 1 aromatic heterocycles. The highest BCUT2D eigenvalue weighted by Crippen LogP contribution is 2.36. The summed E-state index contributed by atoms with van der Waals surface area (Å²) in [6.07, 6.45) is 0.325. The number of anilines is 1. The van der Waals surface area contributed by atoms with Gasteiger partial charge in [0.15, 0.2) is 11.5 Å². The summed E-state index contributed by atoms with van der Waals surface area (Å²) in [7, 11) is 1.54. The van der Waals surface area contributed by atoms with Gasteiger partial charge in [-0.2, -0.15) is 4.98 Å². The molecular weight excluding hydrogens is 463 g/mol. The third kappa shape index (κ3) is 4.62. The number of carbonyl (C=O) groups is 2. The van der Waals surface area contributed by atoms with Gasteiger partial charge < -0.3 is 14.7 Å². The molecule has 0 fully saturated rings. The molecule has 34 heavy (non-hydrogen) atoms. The number of carbonyl (C=O) groups excluding carboxylic acids is 2. The van der Waals surface area contributed by atoms with Crippen LogP contribution in [0.15, 0.2) is 48.5 Å². The molecule has 4 rings (SSSR count). The molecule has 1 atom stereocenters. The summed E-state index contributed by atoms with van der Waals surface area (Å²) in [6.45, 7) is 1.81. The molecule has 3 aromatic rings. The number of aliphatic hydroxyl groups is 1. The fraction of sp³-hybridized carbons (Fsp3) is 0.292. The van der Waals surface area contributed by atoms with Crippen molar-refractivity contribution < 1.29 is 23.8 Å². The normalized spacial score (nSPS) is 14.7.